The first kappa shape index (κ1) is 47.4. The molecule has 60 heavy (non-hydrogen) atoms. The van der Waals surface area contributed by atoms with E-state index in [0.717, 1.165) is 56.1 Å². The Morgan fingerprint density at radius 1 is 0.517 bits per heavy atom. The minimum absolute atomic E-state index is 0.292. The predicted octanol–water partition coefficient (Wildman–Crippen LogP) is 19.2. The summed E-state index contributed by atoms with van der Waals surface area (Å²) in [4.78, 5) is 8.07. The number of aryl methyl sites for hydroxylation is 2. The van der Waals surface area contributed by atoms with Crippen molar-refractivity contribution in [3.05, 3.63) is 39.6 Å². The second-order valence-electron chi connectivity index (χ2n) is 18.3. The number of rotatable bonds is 27. The average molecular weight is 891 g/mol. The Bertz CT molecular complexity index is 1980. The van der Waals surface area contributed by atoms with Crippen molar-refractivity contribution in [3.63, 3.8) is 0 Å². The van der Waals surface area contributed by atoms with Crippen molar-refractivity contribution < 1.29 is 14.2 Å². The van der Waals surface area contributed by atoms with Crippen LogP contribution in [-0.4, -0.2) is 13.2 Å². The molecule has 4 aromatic heterocycles. The molecule has 1 aliphatic rings. The summed E-state index contributed by atoms with van der Waals surface area (Å²) in [5.74, 6) is 5.65. The molecule has 0 aliphatic carbocycles. The first-order valence-electron chi connectivity index (χ1n) is 24.3. The highest BCUT2D eigenvalue weighted by molar-refractivity contribution is 7.29. The molecule has 5 aromatic rings. The van der Waals surface area contributed by atoms with Crippen molar-refractivity contribution in [2.45, 2.75) is 190 Å². The van der Waals surface area contributed by atoms with Crippen LogP contribution < -0.4 is 14.2 Å². The van der Waals surface area contributed by atoms with Crippen molar-refractivity contribution in [2.75, 3.05) is 13.2 Å². The van der Waals surface area contributed by atoms with Crippen molar-refractivity contribution in [2.24, 2.45) is 23.7 Å². The molecule has 0 fully saturated rings. The van der Waals surface area contributed by atoms with Gasteiger partial charge in [-0.15, -0.1) is 45.3 Å². The van der Waals surface area contributed by atoms with E-state index in [2.05, 4.69) is 93.5 Å². The molecule has 4 atom stereocenters. The highest BCUT2D eigenvalue weighted by atomic mass is 32.1. The Morgan fingerprint density at radius 3 is 1.50 bits per heavy atom. The molecule has 0 N–H and O–H groups in total. The number of benzene rings is 1. The minimum atomic E-state index is -0.292. The molecular formula is C53H78O3S4. The van der Waals surface area contributed by atoms with E-state index in [4.69, 9.17) is 14.2 Å². The molecule has 4 unspecified atom stereocenters. The van der Waals surface area contributed by atoms with Crippen molar-refractivity contribution >= 4 is 65.5 Å². The van der Waals surface area contributed by atoms with Crippen LogP contribution in [0.15, 0.2) is 24.3 Å². The van der Waals surface area contributed by atoms with Gasteiger partial charge in [0.25, 0.3) is 0 Å². The molecular weight excluding hydrogens is 813 g/mol. The summed E-state index contributed by atoms with van der Waals surface area (Å²) < 4.78 is 24.2. The van der Waals surface area contributed by atoms with Gasteiger partial charge in [-0.3, -0.25) is 0 Å². The first-order valence-corrected chi connectivity index (χ1v) is 27.6. The fourth-order valence-electron chi connectivity index (χ4n) is 9.65. The van der Waals surface area contributed by atoms with Gasteiger partial charge in [0.15, 0.2) is 0 Å². The smallest absolute Gasteiger partial charge is 0.146 e. The minimum Gasteiger partial charge on any atom is -0.491 e. The molecule has 0 amide bonds. The van der Waals surface area contributed by atoms with E-state index in [0.29, 0.717) is 23.7 Å². The zero-order valence-corrected chi connectivity index (χ0v) is 42.4. The highest BCUT2D eigenvalue weighted by Gasteiger charge is 2.45. The fraction of sp³-hybridized carbons (Fsp3) is 0.660. The lowest BCUT2D eigenvalue weighted by molar-refractivity contribution is 0.00803. The fourth-order valence-corrected chi connectivity index (χ4v) is 14.3. The number of unbranched alkanes of at least 4 members (excludes halogenated alkanes) is 4. The lowest BCUT2D eigenvalue weighted by atomic mass is 9.74. The van der Waals surface area contributed by atoms with Gasteiger partial charge in [0.1, 0.15) is 22.8 Å². The van der Waals surface area contributed by atoms with E-state index in [1.54, 1.807) is 0 Å². The molecule has 0 bridgehead atoms. The average Bonchev–Trinajstić information content (AvgIpc) is 4.06. The molecule has 6 rings (SSSR count). The molecule has 0 saturated carbocycles. The largest absolute Gasteiger partial charge is 0.491 e. The van der Waals surface area contributed by atoms with E-state index in [1.165, 1.54) is 145 Å². The topological polar surface area (TPSA) is 27.7 Å². The quantitative estimate of drug-likeness (QED) is 0.0526. The van der Waals surface area contributed by atoms with Crippen LogP contribution in [0.2, 0.25) is 0 Å². The monoisotopic (exact) mass is 890 g/mol. The summed E-state index contributed by atoms with van der Waals surface area (Å²) >= 11 is 7.70. The SMILES string of the molecule is CCCCC(CC)COc1c2cc(-c3cc4c(s3)-c3sc(C)cc3C(CC(CC)CCCC)(CC(CC)CCCC)O4)sc2c(OCC(CC)CCCC)c2cc(C)sc12. The van der Waals surface area contributed by atoms with Gasteiger partial charge in [-0.05, 0) is 81.4 Å². The number of hydrogen-bond acceptors (Lipinski definition) is 7. The third-order valence-corrected chi connectivity index (χ3v) is 18.3. The van der Waals surface area contributed by atoms with Crippen LogP contribution in [0.5, 0.6) is 17.2 Å². The molecule has 332 valence electrons. The van der Waals surface area contributed by atoms with Gasteiger partial charge in [0, 0.05) is 41.9 Å². The Morgan fingerprint density at radius 2 is 0.983 bits per heavy atom. The van der Waals surface area contributed by atoms with E-state index in [9.17, 15) is 0 Å². The summed E-state index contributed by atoms with van der Waals surface area (Å²) in [5.41, 5.74) is 1.18. The second kappa shape index (κ2) is 22.5. The summed E-state index contributed by atoms with van der Waals surface area (Å²) in [6, 6.07) is 9.73. The van der Waals surface area contributed by atoms with Gasteiger partial charge < -0.3 is 14.2 Å². The van der Waals surface area contributed by atoms with E-state index < -0.39 is 0 Å². The molecule has 0 radical (unpaired) electrons. The van der Waals surface area contributed by atoms with Crippen molar-refractivity contribution in [3.8, 4) is 36.8 Å². The Balaban J connectivity index is 1.47. The van der Waals surface area contributed by atoms with E-state index in [-0.39, 0.29) is 5.60 Å². The van der Waals surface area contributed by atoms with Crippen molar-refractivity contribution in [1.29, 1.82) is 0 Å². The van der Waals surface area contributed by atoms with Crippen LogP contribution in [0, 0.1) is 37.5 Å². The van der Waals surface area contributed by atoms with Crippen LogP contribution in [0.25, 0.3) is 39.7 Å². The molecule has 7 heteroatoms. The number of hydrogen-bond donors (Lipinski definition) is 0. The molecule has 1 aromatic carbocycles. The second-order valence-corrected chi connectivity index (χ2v) is 22.9. The lowest BCUT2D eigenvalue weighted by Gasteiger charge is -2.42. The van der Waals surface area contributed by atoms with E-state index >= 15 is 0 Å². The number of thiophene rings is 4. The summed E-state index contributed by atoms with van der Waals surface area (Å²) in [6.45, 7) is 24.8. The number of fused-ring (bicyclic) bond motifs is 5. The van der Waals surface area contributed by atoms with E-state index in [1.807, 2.05) is 45.3 Å². The van der Waals surface area contributed by atoms with Crippen LogP contribution in [0.4, 0.5) is 0 Å². The third kappa shape index (κ3) is 10.8. The first-order chi connectivity index (χ1) is 29.1. The normalized spacial score (nSPS) is 17.1. The van der Waals surface area contributed by atoms with Crippen LogP contribution in [-0.2, 0) is 5.60 Å². The standard InChI is InChI=1S/C53H78O3S4/c1-11-19-23-37(15-5)31-53(32-38(16-6)24-20-12-2)43-28-36(10)58-51(43)52-44(56-53)30-46(60-52)45-29-42-48(55-34-40(18-8)26-22-14-4)49-41(27-35(9)57-49)47(50(42)59-45)54-33-39(17-7)25-21-13-3/h27-30,37-40H,11-26,31-34H2,1-10H3. The number of ether oxygens (including phenoxy) is 3. The van der Waals surface area contributed by atoms with Gasteiger partial charge in [-0.2, -0.15) is 0 Å². The van der Waals surface area contributed by atoms with Gasteiger partial charge in [-0.1, -0.05) is 145 Å². The highest BCUT2D eigenvalue weighted by Crippen LogP contribution is 2.59. The Hall–Kier alpha value is -2.06. The third-order valence-electron chi connectivity index (χ3n) is 13.6. The maximum atomic E-state index is 7.66. The predicted molar refractivity (Wildman–Crippen MR) is 269 cm³/mol. The van der Waals surface area contributed by atoms with Crippen LogP contribution in [0.3, 0.4) is 0 Å². The Labute approximate surface area is 381 Å². The molecule has 1 aliphatic heterocycles. The van der Waals surface area contributed by atoms with Gasteiger partial charge >= 0.3 is 0 Å². The van der Waals surface area contributed by atoms with Gasteiger partial charge in [-0.25, -0.2) is 0 Å². The van der Waals surface area contributed by atoms with Crippen LogP contribution >= 0.6 is 45.3 Å². The summed E-state index contributed by atoms with van der Waals surface area (Å²) in [6.07, 6.45) is 22.0. The summed E-state index contributed by atoms with van der Waals surface area (Å²) in [7, 11) is 0. The zero-order chi connectivity index (χ0) is 42.8. The lowest BCUT2D eigenvalue weighted by Crippen LogP contribution is -2.39. The maximum Gasteiger partial charge on any atom is 0.146 e. The Kier molecular flexibility index (Phi) is 17.8. The molecule has 5 heterocycles. The van der Waals surface area contributed by atoms with Gasteiger partial charge in [0.05, 0.1) is 32.4 Å². The van der Waals surface area contributed by atoms with Crippen molar-refractivity contribution in [1.82, 2.24) is 0 Å². The summed E-state index contributed by atoms with van der Waals surface area (Å²) in [5, 5.41) is 2.43. The van der Waals surface area contributed by atoms with Crippen LogP contribution in [0.1, 0.15) is 186 Å². The molecule has 0 saturated heterocycles. The maximum absolute atomic E-state index is 7.66. The molecule has 0 spiro atoms. The molecule has 3 nitrogen and oxygen atoms in total. The zero-order valence-electron chi connectivity index (χ0n) is 39.1. The van der Waals surface area contributed by atoms with Gasteiger partial charge in [0.2, 0.25) is 0 Å².